The average molecular weight is 196 g/mol. The Morgan fingerprint density at radius 2 is 1.79 bits per heavy atom. The summed E-state index contributed by atoms with van der Waals surface area (Å²) in [6, 6.07) is 0. The highest BCUT2D eigenvalue weighted by atomic mass is 14.9. The molecule has 0 radical (unpaired) electrons. The van der Waals surface area contributed by atoms with Crippen LogP contribution >= 0.6 is 0 Å². The van der Waals surface area contributed by atoms with E-state index in [1.165, 1.54) is 64.7 Å². The van der Waals surface area contributed by atoms with Gasteiger partial charge < -0.3 is 10.6 Å². The predicted molar refractivity (Wildman–Crippen MR) is 60.4 cm³/mol. The summed E-state index contributed by atoms with van der Waals surface area (Å²) >= 11 is 0. The van der Waals surface area contributed by atoms with E-state index < -0.39 is 0 Å². The molecule has 14 heavy (non-hydrogen) atoms. The van der Waals surface area contributed by atoms with E-state index in [9.17, 15) is 0 Å². The summed E-state index contributed by atoms with van der Waals surface area (Å²) in [5, 5.41) is 7.04. The molecule has 2 heteroatoms. The molecule has 2 nitrogen and oxygen atoms in total. The van der Waals surface area contributed by atoms with Crippen molar-refractivity contribution in [1.29, 1.82) is 0 Å². The molecule has 2 fully saturated rings. The summed E-state index contributed by atoms with van der Waals surface area (Å²) in [5.74, 6) is 2.01. The second-order valence-electron chi connectivity index (χ2n) is 4.98. The van der Waals surface area contributed by atoms with Crippen LogP contribution in [0.25, 0.3) is 0 Å². The van der Waals surface area contributed by atoms with Crippen LogP contribution in [0.1, 0.15) is 38.5 Å². The van der Waals surface area contributed by atoms with Gasteiger partial charge in [0, 0.05) is 0 Å². The molecular weight excluding hydrogens is 172 g/mol. The third kappa shape index (κ3) is 3.25. The van der Waals surface area contributed by atoms with Gasteiger partial charge in [-0.15, -0.1) is 0 Å². The van der Waals surface area contributed by atoms with Gasteiger partial charge in [0.05, 0.1) is 0 Å². The summed E-state index contributed by atoms with van der Waals surface area (Å²) < 4.78 is 0. The molecule has 1 saturated heterocycles. The molecule has 0 atom stereocenters. The van der Waals surface area contributed by atoms with Crippen molar-refractivity contribution in [2.75, 3.05) is 26.2 Å². The quantitative estimate of drug-likeness (QED) is 0.655. The van der Waals surface area contributed by atoms with Crippen LogP contribution in [0.15, 0.2) is 0 Å². The molecule has 0 bridgehead atoms. The highest BCUT2D eigenvalue weighted by Gasteiger charge is 2.17. The molecule has 1 heterocycles. The molecular formula is C12H24N2. The van der Waals surface area contributed by atoms with E-state index in [1.54, 1.807) is 0 Å². The van der Waals surface area contributed by atoms with Crippen LogP contribution in [-0.4, -0.2) is 26.2 Å². The fourth-order valence-corrected chi connectivity index (χ4v) is 2.48. The molecule has 0 spiro atoms. The Kier molecular flexibility index (Phi) is 4.26. The lowest BCUT2D eigenvalue weighted by Crippen LogP contribution is -2.34. The Morgan fingerprint density at radius 1 is 1.00 bits per heavy atom. The Bertz CT molecular complexity index is 148. The van der Waals surface area contributed by atoms with Crippen molar-refractivity contribution in [1.82, 2.24) is 10.6 Å². The number of nitrogens with one attached hydrogen (secondary N) is 2. The zero-order valence-corrected chi connectivity index (χ0v) is 9.23. The predicted octanol–water partition coefficient (Wildman–Crippen LogP) is 1.77. The molecule has 0 aromatic rings. The molecule has 1 saturated carbocycles. The second-order valence-corrected chi connectivity index (χ2v) is 4.98. The van der Waals surface area contributed by atoms with E-state index in [0.717, 1.165) is 11.8 Å². The number of piperidine rings is 1. The van der Waals surface area contributed by atoms with Gasteiger partial charge in [0.1, 0.15) is 0 Å². The molecule has 0 aromatic carbocycles. The topological polar surface area (TPSA) is 24.1 Å². The number of rotatable bonds is 5. The van der Waals surface area contributed by atoms with Crippen LogP contribution in [0.2, 0.25) is 0 Å². The third-order valence-corrected chi connectivity index (χ3v) is 3.85. The first-order chi connectivity index (χ1) is 6.95. The van der Waals surface area contributed by atoms with Crippen LogP contribution in [0.5, 0.6) is 0 Å². The van der Waals surface area contributed by atoms with Crippen molar-refractivity contribution in [2.24, 2.45) is 11.8 Å². The molecule has 2 aliphatic rings. The molecule has 0 aromatic heterocycles. The number of hydrogen-bond acceptors (Lipinski definition) is 2. The highest BCUT2D eigenvalue weighted by Crippen LogP contribution is 2.28. The van der Waals surface area contributed by atoms with Gasteiger partial charge in [-0.3, -0.25) is 0 Å². The summed E-state index contributed by atoms with van der Waals surface area (Å²) in [5.41, 5.74) is 0. The lowest BCUT2D eigenvalue weighted by molar-refractivity contribution is 0.284. The summed E-state index contributed by atoms with van der Waals surface area (Å²) in [4.78, 5) is 0. The van der Waals surface area contributed by atoms with Gasteiger partial charge in [-0.1, -0.05) is 19.3 Å². The van der Waals surface area contributed by atoms with Gasteiger partial charge in [0.15, 0.2) is 0 Å². The number of hydrogen-bond donors (Lipinski definition) is 2. The van der Waals surface area contributed by atoms with Crippen LogP contribution in [0.3, 0.4) is 0 Å². The SMILES string of the molecule is C1CC(CCNCC2CCNCC2)C1. The van der Waals surface area contributed by atoms with Crippen LogP contribution < -0.4 is 10.6 Å². The first-order valence-corrected chi connectivity index (χ1v) is 6.36. The first kappa shape index (κ1) is 10.4. The van der Waals surface area contributed by atoms with Crippen molar-refractivity contribution in [3.63, 3.8) is 0 Å². The Labute approximate surface area is 87.8 Å². The van der Waals surface area contributed by atoms with Crippen molar-refractivity contribution >= 4 is 0 Å². The van der Waals surface area contributed by atoms with Gasteiger partial charge in [-0.05, 0) is 57.3 Å². The van der Waals surface area contributed by atoms with Gasteiger partial charge >= 0.3 is 0 Å². The lowest BCUT2D eigenvalue weighted by atomic mass is 9.83. The minimum Gasteiger partial charge on any atom is -0.317 e. The van der Waals surface area contributed by atoms with Gasteiger partial charge in [-0.2, -0.15) is 0 Å². The van der Waals surface area contributed by atoms with Crippen LogP contribution in [0, 0.1) is 11.8 Å². The summed E-state index contributed by atoms with van der Waals surface area (Å²) in [7, 11) is 0. The van der Waals surface area contributed by atoms with Gasteiger partial charge in [0.25, 0.3) is 0 Å². The molecule has 2 rings (SSSR count). The molecule has 0 amide bonds. The maximum Gasteiger partial charge on any atom is -0.00196 e. The van der Waals surface area contributed by atoms with E-state index in [-0.39, 0.29) is 0 Å². The molecule has 1 aliphatic heterocycles. The average Bonchev–Trinajstić information content (AvgIpc) is 2.16. The van der Waals surface area contributed by atoms with E-state index in [1.807, 2.05) is 0 Å². The fourth-order valence-electron chi connectivity index (χ4n) is 2.48. The van der Waals surface area contributed by atoms with Crippen molar-refractivity contribution in [3.8, 4) is 0 Å². The Morgan fingerprint density at radius 3 is 2.43 bits per heavy atom. The highest BCUT2D eigenvalue weighted by molar-refractivity contribution is 4.73. The standard InChI is InChI=1S/C12H24N2/c1-2-11(3-1)4-9-14-10-12-5-7-13-8-6-12/h11-14H,1-10H2. The van der Waals surface area contributed by atoms with E-state index in [4.69, 9.17) is 0 Å². The van der Waals surface area contributed by atoms with Crippen molar-refractivity contribution in [3.05, 3.63) is 0 Å². The van der Waals surface area contributed by atoms with Crippen molar-refractivity contribution in [2.45, 2.75) is 38.5 Å². The normalized spacial score (nSPS) is 24.9. The largest absolute Gasteiger partial charge is 0.317 e. The smallest absolute Gasteiger partial charge is 0.00196 e. The van der Waals surface area contributed by atoms with Gasteiger partial charge in [-0.25, -0.2) is 0 Å². The monoisotopic (exact) mass is 196 g/mol. The maximum atomic E-state index is 3.63. The molecule has 0 unspecified atom stereocenters. The zero-order valence-electron chi connectivity index (χ0n) is 9.23. The van der Waals surface area contributed by atoms with Crippen LogP contribution in [0.4, 0.5) is 0 Å². The van der Waals surface area contributed by atoms with E-state index in [0.29, 0.717) is 0 Å². The van der Waals surface area contributed by atoms with Gasteiger partial charge in [0.2, 0.25) is 0 Å². The zero-order chi connectivity index (χ0) is 9.64. The first-order valence-electron chi connectivity index (χ1n) is 6.36. The maximum absolute atomic E-state index is 3.63. The Balaban J connectivity index is 1.45. The minimum atomic E-state index is 0.942. The summed E-state index contributed by atoms with van der Waals surface area (Å²) in [6.45, 7) is 4.98. The lowest BCUT2D eigenvalue weighted by Gasteiger charge is -2.26. The Hall–Kier alpha value is -0.0800. The van der Waals surface area contributed by atoms with Crippen LogP contribution in [-0.2, 0) is 0 Å². The van der Waals surface area contributed by atoms with Crippen molar-refractivity contribution < 1.29 is 0 Å². The van der Waals surface area contributed by atoms with E-state index in [2.05, 4.69) is 10.6 Å². The molecule has 1 aliphatic carbocycles. The molecule has 82 valence electrons. The second kappa shape index (κ2) is 5.72. The molecule has 2 N–H and O–H groups in total. The fraction of sp³-hybridized carbons (Fsp3) is 1.00. The minimum absolute atomic E-state index is 0.942. The van der Waals surface area contributed by atoms with E-state index >= 15 is 0 Å². The third-order valence-electron chi connectivity index (χ3n) is 3.85. The summed E-state index contributed by atoms with van der Waals surface area (Å²) in [6.07, 6.45) is 8.64.